The van der Waals surface area contributed by atoms with E-state index in [0.717, 1.165) is 30.9 Å². The number of benzene rings is 1. The molecule has 0 bridgehead atoms. The van der Waals surface area contributed by atoms with Crippen LogP contribution in [0.4, 0.5) is 5.69 Å². The molecular weight excluding hydrogens is 352 g/mol. The van der Waals surface area contributed by atoms with Gasteiger partial charge in [0.2, 0.25) is 0 Å². The average molecular weight is 371 g/mol. The number of aromatic nitrogens is 5. The lowest BCUT2D eigenvalue weighted by Crippen LogP contribution is -2.33. The van der Waals surface area contributed by atoms with Crippen LogP contribution in [0.3, 0.4) is 0 Å². The Balaban J connectivity index is 1.56. The van der Waals surface area contributed by atoms with E-state index in [4.69, 9.17) is 11.6 Å². The molecule has 0 spiro atoms. The van der Waals surface area contributed by atoms with Crippen molar-refractivity contribution in [3.63, 3.8) is 0 Å². The van der Waals surface area contributed by atoms with Crippen LogP contribution in [-0.4, -0.2) is 30.6 Å². The molecule has 1 unspecified atom stereocenters. The number of rotatable bonds is 4. The van der Waals surface area contributed by atoms with Gasteiger partial charge in [-0.3, -0.25) is 4.79 Å². The monoisotopic (exact) mass is 370 g/mol. The van der Waals surface area contributed by atoms with Crippen LogP contribution >= 0.6 is 11.6 Å². The number of para-hydroxylation sites is 1. The average Bonchev–Trinajstić information content (AvgIpc) is 3.09. The zero-order valence-corrected chi connectivity index (χ0v) is 15.1. The smallest absolute Gasteiger partial charge is 0.292 e. The molecule has 4 rings (SSSR count). The summed E-state index contributed by atoms with van der Waals surface area (Å²) in [6, 6.07) is 9.35. The zero-order valence-electron chi connectivity index (χ0n) is 14.4. The van der Waals surface area contributed by atoms with Gasteiger partial charge in [0.15, 0.2) is 5.82 Å². The number of nitrogens with one attached hydrogen (secondary N) is 1. The van der Waals surface area contributed by atoms with Crippen LogP contribution in [0, 0.1) is 0 Å². The number of nitrogens with zero attached hydrogens (tertiary/aromatic N) is 5. The van der Waals surface area contributed by atoms with Gasteiger partial charge in [0.1, 0.15) is 10.8 Å². The van der Waals surface area contributed by atoms with Crippen LogP contribution in [0.5, 0.6) is 0 Å². The third kappa shape index (κ3) is 3.10. The first-order valence-corrected chi connectivity index (χ1v) is 9.06. The number of halogens is 1. The summed E-state index contributed by atoms with van der Waals surface area (Å²) >= 11 is 6.32. The van der Waals surface area contributed by atoms with E-state index in [1.54, 1.807) is 6.20 Å². The van der Waals surface area contributed by atoms with Gasteiger partial charge in [0.25, 0.3) is 5.56 Å². The van der Waals surface area contributed by atoms with E-state index < -0.39 is 0 Å². The maximum absolute atomic E-state index is 12.6. The first-order chi connectivity index (χ1) is 12.7. The predicted octanol–water partition coefficient (Wildman–Crippen LogP) is 2.47. The predicted molar refractivity (Wildman–Crippen MR) is 100.0 cm³/mol. The quantitative estimate of drug-likeness (QED) is 0.763. The molecule has 134 valence electrons. The third-order valence-electron chi connectivity index (χ3n) is 4.50. The van der Waals surface area contributed by atoms with E-state index in [1.807, 2.05) is 41.9 Å². The summed E-state index contributed by atoms with van der Waals surface area (Å²) in [5.74, 6) is 1.88. The molecule has 0 saturated carbocycles. The van der Waals surface area contributed by atoms with Crippen molar-refractivity contribution in [1.29, 1.82) is 0 Å². The van der Waals surface area contributed by atoms with Crippen molar-refractivity contribution >= 4 is 17.3 Å². The Hall–Kier alpha value is -2.67. The van der Waals surface area contributed by atoms with Gasteiger partial charge in [-0.2, -0.15) is 14.9 Å². The van der Waals surface area contributed by atoms with Gasteiger partial charge in [-0.15, -0.1) is 0 Å². The van der Waals surface area contributed by atoms with Gasteiger partial charge < -0.3 is 5.32 Å². The molecule has 3 aromatic rings. The first-order valence-electron chi connectivity index (χ1n) is 8.68. The fraction of sp³-hybridized carbons (Fsp3) is 0.333. The van der Waals surface area contributed by atoms with E-state index in [-0.39, 0.29) is 16.6 Å². The van der Waals surface area contributed by atoms with Gasteiger partial charge in [-0.05, 0) is 18.6 Å². The van der Waals surface area contributed by atoms with E-state index >= 15 is 0 Å². The van der Waals surface area contributed by atoms with Gasteiger partial charge in [0, 0.05) is 18.9 Å². The molecule has 0 fully saturated rings. The highest BCUT2D eigenvalue weighted by molar-refractivity contribution is 6.32. The minimum absolute atomic E-state index is 0.125. The number of hydrogen-bond acceptors (Lipinski definition) is 5. The Kier molecular flexibility index (Phi) is 4.46. The summed E-state index contributed by atoms with van der Waals surface area (Å²) in [5, 5.41) is 12.2. The lowest BCUT2D eigenvalue weighted by atomic mass is 10.1. The molecule has 0 aliphatic carbocycles. The highest BCUT2D eigenvalue weighted by Crippen LogP contribution is 2.22. The van der Waals surface area contributed by atoms with Crippen molar-refractivity contribution in [3.05, 3.63) is 63.6 Å². The van der Waals surface area contributed by atoms with Gasteiger partial charge in [-0.25, -0.2) is 9.67 Å². The number of anilines is 1. The fourth-order valence-corrected chi connectivity index (χ4v) is 3.32. The molecule has 0 saturated heterocycles. The van der Waals surface area contributed by atoms with E-state index in [1.165, 1.54) is 4.68 Å². The number of hydrogen-bond donors (Lipinski definition) is 1. The van der Waals surface area contributed by atoms with Crippen LogP contribution in [0.2, 0.25) is 5.02 Å². The molecule has 26 heavy (non-hydrogen) atoms. The maximum Gasteiger partial charge on any atom is 0.292 e. The molecule has 0 amide bonds. The topological polar surface area (TPSA) is 77.6 Å². The molecule has 8 heteroatoms. The van der Waals surface area contributed by atoms with Gasteiger partial charge in [-0.1, -0.05) is 36.7 Å². The first kappa shape index (κ1) is 16.8. The molecule has 1 aliphatic heterocycles. The molecule has 3 heterocycles. The summed E-state index contributed by atoms with van der Waals surface area (Å²) in [6.07, 6.45) is 4.17. The van der Waals surface area contributed by atoms with Crippen molar-refractivity contribution in [1.82, 2.24) is 24.5 Å². The summed E-state index contributed by atoms with van der Waals surface area (Å²) < 4.78 is 3.24. The van der Waals surface area contributed by atoms with Crippen molar-refractivity contribution in [3.8, 4) is 5.69 Å². The van der Waals surface area contributed by atoms with Crippen LogP contribution in [-0.2, 0) is 19.4 Å². The normalized spacial score (nSPS) is 16.3. The molecule has 1 N–H and O–H groups in total. The second-order valence-corrected chi connectivity index (χ2v) is 6.66. The maximum atomic E-state index is 12.6. The lowest BCUT2D eigenvalue weighted by molar-refractivity contribution is 0.440. The van der Waals surface area contributed by atoms with Crippen LogP contribution < -0.4 is 10.9 Å². The highest BCUT2D eigenvalue weighted by atomic mass is 35.5. The van der Waals surface area contributed by atoms with E-state index in [0.29, 0.717) is 17.9 Å². The van der Waals surface area contributed by atoms with Gasteiger partial charge in [0.05, 0.1) is 24.1 Å². The molecule has 1 aliphatic rings. The van der Waals surface area contributed by atoms with Crippen molar-refractivity contribution in [2.75, 3.05) is 5.32 Å². The molecule has 0 radical (unpaired) electrons. The van der Waals surface area contributed by atoms with Crippen molar-refractivity contribution in [2.45, 2.75) is 38.8 Å². The zero-order chi connectivity index (χ0) is 18.1. The Labute approximate surface area is 155 Å². The summed E-state index contributed by atoms with van der Waals surface area (Å²) in [6.45, 7) is 2.74. The van der Waals surface area contributed by atoms with Crippen LogP contribution in [0.25, 0.3) is 5.69 Å². The molecule has 7 nitrogen and oxygen atoms in total. The summed E-state index contributed by atoms with van der Waals surface area (Å²) in [4.78, 5) is 17.1. The van der Waals surface area contributed by atoms with Crippen molar-refractivity contribution in [2.24, 2.45) is 0 Å². The molecule has 1 aromatic carbocycles. The second kappa shape index (κ2) is 6.92. The summed E-state index contributed by atoms with van der Waals surface area (Å²) in [5.41, 5.74) is 0.893. The van der Waals surface area contributed by atoms with Crippen LogP contribution in [0.1, 0.15) is 25.0 Å². The van der Waals surface area contributed by atoms with Gasteiger partial charge >= 0.3 is 0 Å². The molecular formula is C18H19ClN6O. The number of fused-ring (bicyclic) bond motifs is 1. The lowest BCUT2D eigenvalue weighted by Gasteiger charge is -2.24. The largest absolute Gasteiger partial charge is 0.378 e. The van der Waals surface area contributed by atoms with E-state index in [9.17, 15) is 4.79 Å². The highest BCUT2D eigenvalue weighted by Gasteiger charge is 2.22. The summed E-state index contributed by atoms with van der Waals surface area (Å²) in [7, 11) is 0. The Bertz CT molecular complexity index is 981. The Morgan fingerprint density at radius 3 is 2.88 bits per heavy atom. The van der Waals surface area contributed by atoms with Crippen molar-refractivity contribution < 1.29 is 0 Å². The fourth-order valence-electron chi connectivity index (χ4n) is 3.13. The standard InChI is InChI=1S/C18H19ClN6O/c1-2-15-22-16-9-8-12(11-24(16)23-15)21-14-10-20-25(18(26)17(14)19)13-6-4-3-5-7-13/h3-7,10,12,21H,2,8-9,11H2,1H3. The minimum atomic E-state index is -0.339. The Morgan fingerprint density at radius 1 is 1.31 bits per heavy atom. The number of aryl methyl sites for hydroxylation is 2. The SMILES string of the molecule is CCc1nc2n(n1)CC(Nc1cnn(-c3ccccc3)c(=O)c1Cl)CC2. The Morgan fingerprint density at radius 2 is 2.12 bits per heavy atom. The minimum Gasteiger partial charge on any atom is -0.378 e. The van der Waals surface area contributed by atoms with Crippen LogP contribution in [0.15, 0.2) is 41.3 Å². The molecule has 2 aromatic heterocycles. The third-order valence-corrected chi connectivity index (χ3v) is 4.86. The van der Waals surface area contributed by atoms with E-state index in [2.05, 4.69) is 20.5 Å². The second-order valence-electron chi connectivity index (χ2n) is 6.28. The molecule has 1 atom stereocenters.